The zero-order chi connectivity index (χ0) is 17.7. The lowest BCUT2D eigenvalue weighted by molar-refractivity contribution is 0.337. The first-order valence-electron chi connectivity index (χ1n) is 8.55. The van der Waals surface area contributed by atoms with Gasteiger partial charge in [0.15, 0.2) is 9.84 Å². The number of likely N-dealkylation sites (tertiary alicyclic amines) is 1. The topological polar surface area (TPSA) is 49.4 Å². The van der Waals surface area contributed by atoms with Crippen LogP contribution in [0.1, 0.15) is 12.8 Å². The molecule has 1 aliphatic rings. The van der Waals surface area contributed by atoms with Crippen molar-refractivity contribution in [1.29, 1.82) is 0 Å². The second kappa shape index (κ2) is 7.97. The van der Waals surface area contributed by atoms with Gasteiger partial charge in [-0.25, -0.2) is 12.8 Å². The van der Waals surface area contributed by atoms with Crippen molar-refractivity contribution < 1.29 is 12.8 Å². The van der Waals surface area contributed by atoms with Gasteiger partial charge in [0, 0.05) is 24.8 Å². The number of hydrogen-bond donors (Lipinski definition) is 1. The predicted molar refractivity (Wildman–Crippen MR) is 98.0 cm³/mol. The van der Waals surface area contributed by atoms with E-state index in [9.17, 15) is 12.8 Å². The van der Waals surface area contributed by atoms with Crippen LogP contribution in [0, 0.1) is 5.82 Å². The van der Waals surface area contributed by atoms with Crippen molar-refractivity contribution in [2.45, 2.75) is 23.8 Å². The van der Waals surface area contributed by atoms with Crippen LogP contribution < -0.4 is 5.32 Å². The second-order valence-electron chi connectivity index (χ2n) is 6.42. The van der Waals surface area contributed by atoms with Gasteiger partial charge in [0.1, 0.15) is 5.82 Å². The fourth-order valence-electron chi connectivity index (χ4n) is 3.16. The second-order valence-corrected chi connectivity index (χ2v) is 8.53. The van der Waals surface area contributed by atoms with E-state index in [4.69, 9.17) is 0 Å². The van der Waals surface area contributed by atoms with Crippen LogP contribution in [-0.2, 0) is 9.84 Å². The molecule has 0 amide bonds. The number of rotatable bonds is 7. The highest BCUT2D eigenvalue weighted by molar-refractivity contribution is 7.91. The molecule has 0 bridgehead atoms. The van der Waals surface area contributed by atoms with E-state index in [1.807, 2.05) is 18.2 Å². The van der Waals surface area contributed by atoms with E-state index in [2.05, 4.69) is 22.3 Å². The summed E-state index contributed by atoms with van der Waals surface area (Å²) in [5.74, 6) is -0.334. The summed E-state index contributed by atoms with van der Waals surface area (Å²) < 4.78 is 37.5. The van der Waals surface area contributed by atoms with Gasteiger partial charge in [0.05, 0.1) is 10.6 Å². The van der Waals surface area contributed by atoms with Crippen molar-refractivity contribution in [3.05, 3.63) is 60.4 Å². The summed E-state index contributed by atoms with van der Waals surface area (Å²) in [4.78, 5) is 2.49. The minimum absolute atomic E-state index is 0.0892. The Morgan fingerprint density at radius 3 is 2.52 bits per heavy atom. The van der Waals surface area contributed by atoms with Gasteiger partial charge in [-0.15, -0.1) is 0 Å². The van der Waals surface area contributed by atoms with Crippen LogP contribution in [0.25, 0.3) is 0 Å². The quantitative estimate of drug-likeness (QED) is 0.769. The third kappa shape index (κ3) is 5.03. The number of nitrogens with zero attached hydrogens (tertiary/aromatic N) is 1. The van der Waals surface area contributed by atoms with Gasteiger partial charge in [-0.2, -0.15) is 0 Å². The Bertz CT molecular complexity index is 779. The summed E-state index contributed by atoms with van der Waals surface area (Å²) >= 11 is 0. The zero-order valence-corrected chi connectivity index (χ0v) is 14.9. The van der Waals surface area contributed by atoms with Gasteiger partial charge in [0.2, 0.25) is 0 Å². The van der Waals surface area contributed by atoms with E-state index in [1.165, 1.54) is 24.3 Å². The van der Waals surface area contributed by atoms with Crippen molar-refractivity contribution in [3.63, 3.8) is 0 Å². The molecule has 1 fully saturated rings. The molecule has 0 spiro atoms. The van der Waals surface area contributed by atoms with Gasteiger partial charge >= 0.3 is 0 Å². The lowest BCUT2D eigenvalue weighted by Crippen LogP contribution is -2.28. The Labute approximate surface area is 148 Å². The van der Waals surface area contributed by atoms with Crippen molar-refractivity contribution in [2.24, 2.45) is 0 Å². The van der Waals surface area contributed by atoms with Crippen LogP contribution in [-0.4, -0.2) is 44.7 Å². The smallest absolute Gasteiger partial charge is 0.178 e. The summed E-state index contributed by atoms with van der Waals surface area (Å²) in [6, 6.07) is 15.6. The van der Waals surface area contributed by atoms with Crippen LogP contribution in [0.4, 0.5) is 10.1 Å². The molecule has 1 aliphatic heterocycles. The number of sulfone groups is 1. The highest BCUT2D eigenvalue weighted by Gasteiger charge is 2.22. The van der Waals surface area contributed by atoms with E-state index < -0.39 is 15.7 Å². The molecule has 4 nitrogen and oxygen atoms in total. The molecular weight excluding hydrogens is 339 g/mol. The van der Waals surface area contributed by atoms with Gasteiger partial charge in [0.25, 0.3) is 0 Å². The largest absolute Gasteiger partial charge is 0.381 e. The SMILES string of the molecule is O=S(=O)(CCCN1CCC(Nc2ccccc2)C1)c1ccc(F)cc1. The molecular formula is C19H23FN2O2S. The molecule has 25 heavy (non-hydrogen) atoms. The fourth-order valence-corrected chi connectivity index (χ4v) is 4.46. The highest BCUT2D eigenvalue weighted by Crippen LogP contribution is 2.17. The van der Waals surface area contributed by atoms with Crippen molar-refractivity contribution in [1.82, 2.24) is 4.90 Å². The molecule has 0 aromatic heterocycles. The maximum absolute atomic E-state index is 12.9. The maximum Gasteiger partial charge on any atom is 0.178 e. The first-order valence-corrected chi connectivity index (χ1v) is 10.2. The number of halogens is 1. The summed E-state index contributed by atoms with van der Waals surface area (Å²) in [5, 5.41) is 3.51. The van der Waals surface area contributed by atoms with E-state index in [-0.39, 0.29) is 10.6 Å². The minimum Gasteiger partial charge on any atom is -0.381 e. The number of nitrogens with one attached hydrogen (secondary N) is 1. The molecule has 1 atom stereocenters. The summed E-state index contributed by atoms with van der Waals surface area (Å²) in [6.45, 7) is 2.65. The van der Waals surface area contributed by atoms with Crippen LogP contribution in [0.3, 0.4) is 0 Å². The lowest BCUT2D eigenvalue weighted by atomic mass is 10.2. The Morgan fingerprint density at radius 2 is 1.80 bits per heavy atom. The Balaban J connectivity index is 1.44. The number of benzene rings is 2. The molecule has 0 radical (unpaired) electrons. The third-order valence-corrected chi connectivity index (χ3v) is 6.29. The normalized spacial score (nSPS) is 18.4. The number of anilines is 1. The average Bonchev–Trinajstić information content (AvgIpc) is 3.03. The van der Waals surface area contributed by atoms with Gasteiger partial charge in [-0.3, -0.25) is 0 Å². The van der Waals surface area contributed by atoms with Gasteiger partial charge < -0.3 is 10.2 Å². The Morgan fingerprint density at radius 1 is 1.08 bits per heavy atom. The lowest BCUT2D eigenvalue weighted by Gasteiger charge is -2.17. The monoisotopic (exact) mass is 362 g/mol. The van der Waals surface area contributed by atoms with Crippen LogP contribution >= 0.6 is 0 Å². The van der Waals surface area contributed by atoms with Crippen molar-refractivity contribution >= 4 is 15.5 Å². The zero-order valence-electron chi connectivity index (χ0n) is 14.1. The molecule has 3 rings (SSSR count). The Kier molecular flexibility index (Phi) is 5.71. The molecule has 1 saturated heterocycles. The van der Waals surface area contributed by atoms with Crippen LogP contribution in [0.2, 0.25) is 0 Å². The van der Waals surface area contributed by atoms with Crippen molar-refractivity contribution in [3.8, 4) is 0 Å². The molecule has 0 aliphatic carbocycles. The highest BCUT2D eigenvalue weighted by atomic mass is 32.2. The van der Waals surface area contributed by atoms with Crippen LogP contribution in [0.5, 0.6) is 0 Å². The molecule has 0 saturated carbocycles. The minimum atomic E-state index is -3.34. The summed E-state index contributed by atoms with van der Waals surface area (Å²) in [5.41, 5.74) is 1.12. The van der Waals surface area contributed by atoms with Crippen molar-refractivity contribution in [2.75, 3.05) is 30.7 Å². The van der Waals surface area contributed by atoms with Gasteiger partial charge in [-0.05, 0) is 55.8 Å². The molecule has 1 heterocycles. The molecule has 1 N–H and O–H groups in total. The molecule has 134 valence electrons. The molecule has 2 aromatic carbocycles. The number of hydrogen-bond acceptors (Lipinski definition) is 4. The van der Waals surface area contributed by atoms with E-state index in [0.29, 0.717) is 12.5 Å². The van der Waals surface area contributed by atoms with Crippen LogP contribution in [0.15, 0.2) is 59.5 Å². The van der Waals surface area contributed by atoms with E-state index in [1.54, 1.807) is 0 Å². The fraction of sp³-hybridized carbons (Fsp3) is 0.368. The number of para-hydroxylation sites is 1. The first kappa shape index (κ1) is 17.9. The first-order chi connectivity index (χ1) is 12.0. The molecule has 1 unspecified atom stereocenters. The van der Waals surface area contributed by atoms with Gasteiger partial charge in [-0.1, -0.05) is 18.2 Å². The summed E-state index contributed by atoms with van der Waals surface area (Å²) in [6.07, 6.45) is 1.64. The van der Waals surface area contributed by atoms with E-state index in [0.717, 1.165) is 31.7 Å². The standard InChI is InChI=1S/C19H23FN2O2S/c20-16-7-9-19(10-8-16)25(23,24)14-4-12-22-13-11-18(15-22)21-17-5-2-1-3-6-17/h1-3,5-10,18,21H,4,11-15H2. The third-order valence-electron chi connectivity index (χ3n) is 4.48. The molecule has 2 aromatic rings. The predicted octanol–water partition coefficient (Wildman–Crippen LogP) is 3.18. The Hall–Kier alpha value is -1.92. The average molecular weight is 362 g/mol. The maximum atomic E-state index is 12.9. The molecule has 6 heteroatoms. The van der Waals surface area contributed by atoms with E-state index >= 15 is 0 Å². The summed E-state index contributed by atoms with van der Waals surface area (Å²) in [7, 11) is -3.34.